The number of ether oxygens (including phenoxy) is 1. The van der Waals surface area contributed by atoms with Gasteiger partial charge in [-0.15, -0.1) is 0 Å². The van der Waals surface area contributed by atoms with Gasteiger partial charge in [-0.25, -0.2) is 4.39 Å². The Hall–Kier alpha value is -1.09. The third-order valence-corrected chi connectivity index (χ3v) is 3.80. The molecule has 2 nitrogen and oxygen atoms in total. The summed E-state index contributed by atoms with van der Waals surface area (Å²) in [7, 11) is 0. The predicted octanol–water partition coefficient (Wildman–Crippen LogP) is 2.75. The molecule has 3 atom stereocenters. The van der Waals surface area contributed by atoms with Gasteiger partial charge in [0.1, 0.15) is 6.10 Å². The van der Waals surface area contributed by atoms with Gasteiger partial charge in [0.05, 0.1) is 6.10 Å². The van der Waals surface area contributed by atoms with E-state index < -0.39 is 0 Å². The zero-order valence-corrected chi connectivity index (χ0v) is 9.61. The van der Waals surface area contributed by atoms with Gasteiger partial charge in [-0.2, -0.15) is 0 Å². The average molecular weight is 224 g/mol. The topological polar surface area (TPSA) is 29.5 Å². The van der Waals surface area contributed by atoms with Crippen molar-refractivity contribution in [2.45, 2.75) is 38.9 Å². The van der Waals surface area contributed by atoms with E-state index in [1.54, 1.807) is 18.2 Å². The van der Waals surface area contributed by atoms with Crippen molar-refractivity contribution in [2.24, 2.45) is 5.41 Å². The van der Waals surface area contributed by atoms with E-state index in [0.717, 1.165) is 6.42 Å². The predicted molar refractivity (Wildman–Crippen MR) is 59.8 cm³/mol. The summed E-state index contributed by atoms with van der Waals surface area (Å²) in [6.07, 6.45) is 0.977. The van der Waals surface area contributed by atoms with Crippen LogP contribution >= 0.6 is 0 Å². The lowest BCUT2D eigenvalue weighted by atomic mass is 9.63. The highest BCUT2D eigenvalue weighted by atomic mass is 19.1. The van der Waals surface area contributed by atoms with Crippen LogP contribution in [0.25, 0.3) is 0 Å². The monoisotopic (exact) mass is 224 g/mol. The van der Waals surface area contributed by atoms with Crippen LogP contribution in [0.1, 0.15) is 26.7 Å². The van der Waals surface area contributed by atoms with Crippen molar-refractivity contribution in [3.8, 4) is 5.75 Å². The van der Waals surface area contributed by atoms with Gasteiger partial charge in [-0.05, 0) is 18.6 Å². The summed E-state index contributed by atoms with van der Waals surface area (Å²) in [5, 5.41) is 9.71. The molecule has 0 spiro atoms. The smallest absolute Gasteiger partial charge is 0.165 e. The second kappa shape index (κ2) is 4.06. The lowest BCUT2D eigenvalue weighted by Gasteiger charge is -2.50. The number of hydrogen-bond donors (Lipinski definition) is 1. The van der Waals surface area contributed by atoms with Crippen LogP contribution in [0.2, 0.25) is 0 Å². The molecule has 0 aliphatic heterocycles. The largest absolute Gasteiger partial charge is 0.487 e. The van der Waals surface area contributed by atoms with E-state index in [0.29, 0.717) is 6.42 Å². The van der Waals surface area contributed by atoms with Crippen molar-refractivity contribution in [1.29, 1.82) is 0 Å². The molecule has 0 bridgehead atoms. The fourth-order valence-electron chi connectivity index (χ4n) is 2.13. The Morgan fingerprint density at radius 2 is 2.19 bits per heavy atom. The summed E-state index contributed by atoms with van der Waals surface area (Å²) < 4.78 is 19.0. The molecule has 88 valence electrons. The maximum absolute atomic E-state index is 13.4. The van der Waals surface area contributed by atoms with Gasteiger partial charge in [0.15, 0.2) is 11.6 Å². The number of hydrogen-bond acceptors (Lipinski definition) is 2. The Kier molecular flexibility index (Phi) is 2.89. The van der Waals surface area contributed by atoms with Gasteiger partial charge in [0, 0.05) is 11.8 Å². The molecule has 0 amide bonds. The van der Waals surface area contributed by atoms with E-state index in [4.69, 9.17) is 4.74 Å². The lowest BCUT2D eigenvalue weighted by Crippen LogP contribution is -2.57. The molecule has 1 aromatic carbocycles. The minimum absolute atomic E-state index is 0.0931. The zero-order valence-electron chi connectivity index (χ0n) is 9.61. The lowest BCUT2D eigenvalue weighted by molar-refractivity contribution is -0.147. The number of para-hydroxylation sites is 1. The summed E-state index contributed by atoms with van der Waals surface area (Å²) >= 11 is 0. The molecular formula is C13H17FO2. The normalized spacial score (nSPS) is 33.2. The van der Waals surface area contributed by atoms with Gasteiger partial charge in [0.2, 0.25) is 0 Å². The molecule has 1 saturated carbocycles. The van der Waals surface area contributed by atoms with Gasteiger partial charge < -0.3 is 9.84 Å². The summed E-state index contributed by atoms with van der Waals surface area (Å²) in [6, 6.07) is 6.39. The van der Waals surface area contributed by atoms with Crippen molar-refractivity contribution >= 4 is 0 Å². The minimum Gasteiger partial charge on any atom is -0.487 e. The SMILES string of the molecule is CCC1(C)C(O)CC1Oc1ccccc1F. The number of aliphatic hydroxyl groups excluding tert-OH is 1. The standard InChI is InChI=1S/C13H17FO2/c1-3-13(2)11(15)8-12(13)16-10-7-5-4-6-9(10)14/h4-7,11-12,15H,3,8H2,1-2H3. The maximum atomic E-state index is 13.4. The first-order chi connectivity index (χ1) is 7.58. The van der Waals surface area contributed by atoms with E-state index >= 15 is 0 Å². The summed E-state index contributed by atoms with van der Waals surface area (Å²) in [6.45, 7) is 3.99. The number of benzene rings is 1. The molecule has 0 heterocycles. The first-order valence-corrected chi connectivity index (χ1v) is 5.67. The van der Waals surface area contributed by atoms with E-state index in [1.807, 2.05) is 13.8 Å². The van der Waals surface area contributed by atoms with Crippen molar-refractivity contribution in [2.75, 3.05) is 0 Å². The third-order valence-electron chi connectivity index (χ3n) is 3.80. The number of rotatable bonds is 3. The van der Waals surface area contributed by atoms with Crippen molar-refractivity contribution in [1.82, 2.24) is 0 Å². The molecule has 3 unspecified atom stereocenters. The van der Waals surface area contributed by atoms with E-state index in [1.165, 1.54) is 6.07 Å². The average Bonchev–Trinajstić information content (AvgIpc) is 2.30. The molecular weight excluding hydrogens is 207 g/mol. The van der Waals surface area contributed by atoms with Crippen LogP contribution in [0.5, 0.6) is 5.75 Å². The molecule has 3 heteroatoms. The first kappa shape index (κ1) is 11.4. The molecule has 0 aromatic heterocycles. The maximum Gasteiger partial charge on any atom is 0.165 e. The van der Waals surface area contributed by atoms with Crippen LogP contribution in [0.4, 0.5) is 4.39 Å². The van der Waals surface area contributed by atoms with Crippen LogP contribution in [-0.2, 0) is 0 Å². The minimum atomic E-state index is -0.345. The quantitative estimate of drug-likeness (QED) is 0.855. The first-order valence-electron chi connectivity index (χ1n) is 5.67. The molecule has 1 N–H and O–H groups in total. The highest BCUT2D eigenvalue weighted by Crippen LogP contribution is 2.46. The highest BCUT2D eigenvalue weighted by molar-refractivity contribution is 5.25. The molecule has 1 aromatic rings. The number of halogens is 1. The second-order valence-electron chi connectivity index (χ2n) is 4.65. The Balaban J connectivity index is 2.10. The molecule has 1 aliphatic carbocycles. The Bertz CT molecular complexity index is 380. The van der Waals surface area contributed by atoms with Gasteiger partial charge in [-0.1, -0.05) is 26.0 Å². The van der Waals surface area contributed by atoms with Crippen molar-refractivity contribution in [3.05, 3.63) is 30.1 Å². The fraction of sp³-hybridized carbons (Fsp3) is 0.538. The fourth-order valence-corrected chi connectivity index (χ4v) is 2.13. The van der Waals surface area contributed by atoms with Crippen molar-refractivity contribution in [3.63, 3.8) is 0 Å². The van der Waals surface area contributed by atoms with Gasteiger partial charge in [0.25, 0.3) is 0 Å². The van der Waals surface area contributed by atoms with Gasteiger partial charge >= 0.3 is 0 Å². The van der Waals surface area contributed by atoms with Gasteiger partial charge in [-0.3, -0.25) is 0 Å². The highest BCUT2D eigenvalue weighted by Gasteiger charge is 2.51. The molecule has 0 radical (unpaired) electrons. The molecule has 1 aliphatic rings. The summed E-state index contributed by atoms with van der Waals surface area (Å²) in [5.41, 5.74) is -0.248. The van der Waals surface area contributed by atoms with E-state index in [2.05, 4.69) is 0 Å². The summed E-state index contributed by atoms with van der Waals surface area (Å²) in [5.74, 6) is -0.0681. The van der Waals surface area contributed by atoms with Crippen LogP contribution in [0.3, 0.4) is 0 Å². The van der Waals surface area contributed by atoms with E-state index in [9.17, 15) is 9.50 Å². The second-order valence-corrected chi connectivity index (χ2v) is 4.65. The Morgan fingerprint density at radius 1 is 1.50 bits per heavy atom. The molecule has 0 saturated heterocycles. The Labute approximate surface area is 95.1 Å². The third kappa shape index (κ3) is 1.69. The van der Waals surface area contributed by atoms with Crippen LogP contribution in [0, 0.1) is 11.2 Å². The van der Waals surface area contributed by atoms with Crippen LogP contribution in [0.15, 0.2) is 24.3 Å². The molecule has 16 heavy (non-hydrogen) atoms. The van der Waals surface area contributed by atoms with Crippen LogP contribution in [-0.4, -0.2) is 17.3 Å². The van der Waals surface area contributed by atoms with E-state index in [-0.39, 0.29) is 29.2 Å². The Morgan fingerprint density at radius 3 is 2.75 bits per heavy atom. The van der Waals surface area contributed by atoms with Crippen LogP contribution < -0.4 is 4.74 Å². The van der Waals surface area contributed by atoms with Crippen molar-refractivity contribution < 1.29 is 14.2 Å². The molecule has 2 rings (SSSR count). The molecule has 1 fully saturated rings. The number of aliphatic hydroxyl groups is 1. The summed E-state index contributed by atoms with van der Waals surface area (Å²) in [4.78, 5) is 0. The zero-order chi connectivity index (χ0) is 11.8.